The highest BCUT2D eigenvalue weighted by Gasteiger charge is 2.18. The zero-order chi connectivity index (χ0) is 22.1. The highest BCUT2D eigenvalue weighted by molar-refractivity contribution is 5.95. The van der Waals surface area contributed by atoms with E-state index in [1.165, 1.54) is 19.3 Å². The first-order valence-corrected chi connectivity index (χ1v) is 11.2. The Labute approximate surface area is 184 Å². The zero-order valence-electron chi connectivity index (χ0n) is 18.8. The van der Waals surface area contributed by atoms with Crippen LogP contribution in [0.5, 0.6) is 17.2 Å². The standard InChI is InChI=1S/C24H33N3O4/c1-4-29-20-14-19(15-21(30-5-2)23(20)31-6-3)24(28)26-17-18-10-11-22(25-16-18)27-12-8-7-9-13-27/h10-11,14-16H,4-9,12-13,17H2,1-3H3,(H,26,28). The van der Waals surface area contributed by atoms with Gasteiger partial charge in [-0.25, -0.2) is 4.98 Å². The molecule has 7 heteroatoms. The highest BCUT2D eigenvalue weighted by atomic mass is 16.5. The van der Waals surface area contributed by atoms with E-state index in [4.69, 9.17) is 14.2 Å². The predicted octanol–water partition coefficient (Wildman–Crippen LogP) is 4.20. The van der Waals surface area contributed by atoms with Gasteiger partial charge in [-0.2, -0.15) is 0 Å². The number of aromatic nitrogens is 1. The fourth-order valence-electron chi connectivity index (χ4n) is 3.64. The summed E-state index contributed by atoms with van der Waals surface area (Å²) >= 11 is 0. The van der Waals surface area contributed by atoms with Crippen molar-refractivity contribution in [3.8, 4) is 17.2 Å². The summed E-state index contributed by atoms with van der Waals surface area (Å²) < 4.78 is 17.1. The lowest BCUT2D eigenvalue weighted by atomic mass is 10.1. The Morgan fingerprint density at radius 3 is 2.16 bits per heavy atom. The number of hydrogen-bond donors (Lipinski definition) is 1. The van der Waals surface area contributed by atoms with Crippen molar-refractivity contribution in [1.29, 1.82) is 0 Å². The van der Waals surface area contributed by atoms with Gasteiger partial charge in [-0.15, -0.1) is 0 Å². The number of carbonyl (C=O) groups excluding carboxylic acids is 1. The molecule has 1 N–H and O–H groups in total. The minimum absolute atomic E-state index is 0.204. The second kappa shape index (κ2) is 11.4. The molecule has 1 aliphatic rings. The minimum Gasteiger partial charge on any atom is -0.490 e. The summed E-state index contributed by atoms with van der Waals surface area (Å²) in [5.41, 5.74) is 1.42. The smallest absolute Gasteiger partial charge is 0.251 e. The van der Waals surface area contributed by atoms with Crippen LogP contribution in [0.3, 0.4) is 0 Å². The van der Waals surface area contributed by atoms with Gasteiger partial charge in [-0.3, -0.25) is 4.79 Å². The van der Waals surface area contributed by atoms with Crippen molar-refractivity contribution in [2.75, 3.05) is 37.8 Å². The second-order valence-electron chi connectivity index (χ2n) is 7.36. The summed E-state index contributed by atoms with van der Waals surface area (Å²) in [7, 11) is 0. The van der Waals surface area contributed by atoms with Gasteiger partial charge >= 0.3 is 0 Å². The van der Waals surface area contributed by atoms with Crippen LogP contribution in [0.15, 0.2) is 30.5 Å². The van der Waals surface area contributed by atoms with Gasteiger partial charge in [-0.05, 0) is 63.8 Å². The summed E-state index contributed by atoms with van der Waals surface area (Å²) in [6.45, 7) is 9.61. The van der Waals surface area contributed by atoms with E-state index >= 15 is 0 Å². The number of pyridine rings is 1. The lowest BCUT2D eigenvalue weighted by Gasteiger charge is -2.27. The fraction of sp³-hybridized carbons (Fsp3) is 0.500. The molecule has 7 nitrogen and oxygen atoms in total. The van der Waals surface area contributed by atoms with E-state index in [1.807, 2.05) is 39.1 Å². The van der Waals surface area contributed by atoms with Crippen molar-refractivity contribution in [2.45, 2.75) is 46.6 Å². The minimum atomic E-state index is -0.204. The Balaban J connectivity index is 1.69. The Hall–Kier alpha value is -2.96. The quantitative estimate of drug-likeness (QED) is 0.613. The second-order valence-corrected chi connectivity index (χ2v) is 7.36. The monoisotopic (exact) mass is 427 g/mol. The van der Waals surface area contributed by atoms with Crippen molar-refractivity contribution >= 4 is 11.7 Å². The zero-order valence-corrected chi connectivity index (χ0v) is 18.8. The predicted molar refractivity (Wildman–Crippen MR) is 121 cm³/mol. The van der Waals surface area contributed by atoms with E-state index in [-0.39, 0.29) is 5.91 Å². The van der Waals surface area contributed by atoms with Crippen molar-refractivity contribution in [2.24, 2.45) is 0 Å². The SMILES string of the molecule is CCOc1cc(C(=O)NCc2ccc(N3CCCCC3)nc2)cc(OCC)c1OCC. The van der Waals surface area contributed by atoms with Crippen LogP contribution in [-0.4, -0.2) is 43.8 Å². The maximum Gasteiger partial charge on any atom is 0.251 e. The number of benzene rings is 1. The van der Waals surface area contributed by atoms with E-state index in [0.717, 1.165) is 24.5 Å². The molecule has 0 atom stereocenters. The van der Waals surface area contributed by atoms with Gasteiger partial charge in [0.2, 0.25) is 5.75 Å². The van der Waals surface area contributed by atoms with Crippen LogP contribution in [0, 0.1) is 0 Å². The molecular formula is C24H33N3O4. The summed E-state index contributed by atoms with van der Waals surface area (Å²) in [6, 6.07) is 7.45. The largest absolute Gasteiger partial charge is 0.490 e. The maximum atomic E-state index is 12.8. The molecule has 0 unspecified atom stereocenters. The number of carbonyl (C=O) groups is 1. The molecule has 1 aromatic carbocycles. The van der Waals surface area contributed by atoms with Gasteiger partial charge in [0.15, 0.2) is 11.5 Å². The molecule has 0 aliphatic carbocycles. The Bertz CT molecular complexity index is 821. The third-order valence-corrected chi connectivity index (χ3v) is 5.11. The van der Waals surface area contributed by atoms with E-state index in [2.05, 4.69) is 15.2 Å². The number of anilines is 1. The first-order chi connectivity index (χ1) is 15.2. The van der Waals surface area contributed by atoms with Crippen molar-refractivity contribution in [3.63, 3.8) is 0 Å². The molecule has 1 amide bonds. The van der Waals surface area contributed by atoms with E-state index in [0.29, 0.717) is 49.2 Å². The molecule has 0 spiro atoms. The molecule has 0 bridgehead atoms. The molecule has 2 heterocycles. The van der Waals surface area contributed by atoms with Crippen LogP contribution in [0.1, 0.15) is 56.0 Å². The van der Waals surface area contributed by atoms with Gasteiger partial charge in [0.1, 0.15) is 5.82 Å². The number of piperidine rings is 1. The van der Waals surface area contributed by atoms with Crippen LogP contribution in [-0.2, 0) is 6.54 Å². The van der Waals surface area contributed by atoms with Gasteiger partial charge in [0, 0.05) is 31.4 Å². The van der Waals surface area contributed by atoms with E-state index in [9.17, 15) is 4.79 Å². The Kier molecular flexibility index (Phi) is 8.38. The first-order valence-electron chi connectivity index (χ1n) is 11.2. The average molecular weight is 428 g/mol. The molecule has 0 saturated carbocycles. The molecule has 1 saturated heterocycles. The molecule has 2 aromatic rings. The number of hydrogen-bond acceptors (Lipinski definition) is 6. The molecular weight excluding hydrogens is 394 g/mol. The molecule has 31 heavy (non-hydrogen) atoms. The van der Waals surface area contributed by atoms with Crippen LogP contribution in [0.2, 0.25) is 0 Å². The molecule has 1 fully saturated rings. The van der Waals surface area contributed by atoms with E-state index < -0.39 is 0 Å². The van der Waals surface area contributed by atoms with Crippen LogP contribution < -0.4 is 24.4 Å². The lowest BCUT2D eigenvalue weighted by Crippen LogP contribution is -2.30. The van der Waals surface area contributed by atoms with Crippen molar-refractivity contribution in [1.82, 2.24) is 10.3 Å². The maximum absolute atomic E-state index is 12.8. The number of rotatable bonds is 10. The van der Waals surface area contributed by atoms with Crippen LogP contribution >= 0.6 is 0 Å². The van der Waals surface area contributed by atoms with Gasteiger partial charge in [0.25, 0.3) is 5.91 Å². The third-order valence-electron chi connectivity index (χ3n) is 5.11. The van der Waals surface area contributed by atoms with E-state index in [1.54, 1.807) is 12.1 Å². The van der Waals surface area contributed by atoms with Gasteiger partial charge in [-0.1, -0.05) is 6.07 Å². The molecule has 168 valence electrons. The number of nitrogens with zero attached hydrogens (tertiary/aromatic N) is 2. The third kappa shape index (κ3) is 6.03. The number of amides is 1. The average Bonchev–Trinajstić information content (AvgIpc) is 2.80. The fourth-order valence-corrected chi connectivity index (χ4v) is 3.64. The topological polar surface area (TPSA) is 72.9 Å². The normalized spacial score (nSPS) is 13.6. The molecule has 0 radical (unpaired) electrons. The highest BCUT2D eigenvalue weighted by Crippen LogP contribution is 2.39. The molecule has 1 aromatic heterocycles. The molecule has 3 rings (SSSR count). The number of nitrogens with one attached hydrogen (secondary N) is 1. The lowest BCUT2D eigenvalue weighted by molar-refractivity contribution is 0.0949. The summed E-state index contributed by atoms with van der Waals surface area (Å²) in [6.07, 6.45) is 5.56. The van der Waals surface area contributed by atoms with Crippen LogP contribution in [0.4, 0.5) is 5.82 Å². The number of ether oxygens (including phenoxy) is 3. The van der Waals surface area contributed by atoms with Crippen molar-refractivity contribution in [3.05, 3.63) is 41.6 Å². The Morgan fingerprint density at radius 2 is 1.61 bits per heavy atom. The summed E-state index contributed by atoms with van der Waals surface area (Å²) in [5.74, 6) is 2.34. The Morgan fingerprint density at radius 1 is 0.968 bits per heavy atom. The van der Waals surface area contributed by atoms with Crippen molar-refractivity contribution < 1.29 is 19.0 Å². The van der Waals surface area contributed by atoms with Gasteiger partial charge < -0.3 is 24.4 Å². The summed E-state index contributed by atoms with van der Waals surface area (Å²) in [4.78, 5) is 19.7. The summed E-state index contributed by atoms with van der Waals surface area (Å²) in [5, 5.41) is 2.96. The van der Waals surface area contributed by atoms with Gasteiger partial charge in [0.05, 0.1) is 19.8 Å². The molecule has 1 aliphatic heterocycles. The van der Waals surface area contributed by atoms with Crippen LogP contribution in [0.25, 0.3) is 0 Å². The first kappa shape index (κ1) is 22.7.